The van der Waals surface area contributed by atoms with E-state index in [4.69, 9.17) is 0 Å². The maximum Gasteiger partial charge on any atom is 0.231 e. The summed E-state index contributed by atoms with van der Waals surface area (Å²) in [4.78, 5) is 12.2. The van der Waals surface area contributed by atoms with Gasteiger partial charge in [0.05, 0.1) is 21.8 Å². The van der Waals surface area contributed by atoms with E-state index in [2.05, 4.69) is 5.32 Å². The first kappa shape index (κ1) is 12.6. The van der Waals surface area contributed by atoms with Crippen molar-refractivity contribution in [1.29, 1.82) is 0 Å². The third kappa shape index (κ3) is 1.85. The smallest absolute Gasteiger partial charge is 0.231 e. The third-order valence-electron chi connectivity index (χ3n) is 4.06. The molecule has 0 bridgehead atoms. The zero-order chi connectivity index (χ0) is 13.7. The van der Waals surface area contributed by atoms with Gasteiger partial charge in [-0.3, -0.25) is 4.79 Å². The van der Waals surface area contributed by atoms with Crippen molar-refractivity contribution in [3.8, 4) is 0 Å². The maximum absolute atomic E-state index is 13.8. The van der Waals surface area contributed by atoms with Crippen LogP contribution in [-0.2, 0) is 14.6 Å². The van der Waals surface area contributed by atoms with Crippen molar-refractivity contribution in [3.63, 3.8) is 0 Å². The molecule has 1 N–H and O–H groups in total. The number of amides is 1. The van der Waals surface area contributed by atoms with Gasteiger partial charge in [0, 0.05) is 0 Å². The van der Waals surface area contributed by atoms with Crippen molar-refractivity contribution in [2.24, 2.45) is 5.41 Å². The number of sulfone groups is 1. The van der Waals surface area contributed by atoms with Gasteiger partial charge in [-0.15, -0.1) is 0 Å². The Hall–Kier alpha value is -1.43. The summed E-state index contributed by atoms with van der Waals surface area (Å²) in [6.07, 6.45) is 2.77. The van der Waals surface area contributed by atoms with Crippen LogP contribution in [0.4, 0.5) is 10.1 Å². The first-order valence-electron chi connectivity index (χ1n) is 6.27. The summed E-state index contributed by atoms with van der Waals surface area (Å²) < 4.78 is 38.6. The lowest BCUT2D eigenvalue weighted by atomic mass is 9.87. The molecule has 0 radical (unpaired) electrons. The van der Waals surface area contributed by atoms with Crippen molar-refractivity contribution in [2.45, 2.75) is 30.6 Å². The van der Waals surface area contributed by atoms with Gasteiger partial charge in [-0.2, -0.15) is 0 Å². The molecule has 1 fully saturated rings. The van der Waals surface area contributed by atoms with E-state index < -0.39 is 21.1 Å². The van der Waals surface area contributed by atoms with Gasteiger partial charge in [0.1, 0.15) is 5.82 Å². The van der Waals surface area contributed by atoms with Crippen LogP contribution in [0.1, 0.15) is 25.7 Å². The standard InChI is InChI=1S/C13H14FNO3S/c14-9-4-3-5-10-11(9)15-12(16)13(6-1-2-7-13)8-19(10,17)18/h3-5H,1-2,6-8H2,(H,15,16). The number of rotatable bonds is 0. The van der Waals surface area contributed by atoms with Gasteiger partial charge in [0.25, 0.3) is 0 Å². The number of benzene rings is 1. The first-order valence-corrected chi connectivity index (χ1v) is 7.93. The average Bonchev–Trinajstić information content (AvgIpc) is 2.77. The molecule has 1 aromatic rings. The lowest BCUT2D eigenvalue weighted by Gasteiger charge is -2.23. The molecule has 0 atom stereocenters. The summed E-state index contributed by atoms with van der Waals surface area (Å²) in [7, 11) is -3.65. The molecule has 19 heavy (non-hydrogen) atoms. The molecule has 1 aromatic carbocycles. The van der Waals surface area contributed by atoms with E-state index in [1.165, 1.54) is 12.1 Å². The van der Waals surface area contributed by atoms with Crippen LogP contribution in [0.3, 0.4) is 0 Å². The van der Waals surface area contributed by atoms with Crippen LogP contribution in [0, 0.1) is 11.2 Å². The topological polar surface area (TPSA) is 63.2 Å². The molecular weight excluding hydrogens is 269 g/mol. The van der Waals surface area contributed by atoms with Gasteiger partial charge in [-0.05, 0) is 25.0 Å². The summed E-state index contributed by atoms with van der Waals surface area (Å²) in [5.41, 5.74) is -1.08. The van der Waals surface area contributed by atoms with E-state index >= 15 is 0 Å². The Morgan fingerprint density at radius 1 is 1.21 bits per heavy atom. The number of carbonyl (C=O) groups is 1. The Morgan fingerprint density at radius 2 is 1.89 bits per heavy atom. The molecule has 1 spiro atoms. The molecule has 6 heteroatoms. The van der Waals surface area contributed by atoms with Crippen molar-refractivity contribution in [3.05, 3.63) is 24.0 Å². The summed E-state index contributed by atoms with van der Waals surface area (Å²) in [5.74, 6) is -1.29. The Kier molecular flexibility index (Phi) is 2.67. The van der Waals surface area contributed by atoms with Gasteiger partial charge in [-0.1, -0.05) is 18.9 Å². The van der Waals surface area contributed by atoms with Gasteiger partial charge < -0.3 is 5.32 Å². The molecular formula is C13H14FNO3S. The number of para-hydroxylation sites is 1. The molecule has 1 aliphatic carbocycles. The lowest BCUT2D eigenvalue weighted by Crippen LogP contribution is -2.37. The van der Waals surface area contributed by atoms with E-state index in [9.17, 15) is 17.6 Å². The quantitative estimate of drug-likeness (QED) is 0.793. The van der Waals surface area contributed by atoms with Crippen molar-refractivity contribution >= 4 is 21.4 Å². The number of hydrogen-bond acceptors (Lipinski definition) is 3. The van der Waals surface area contributed by atoms with Gasteiger partial charge in [0.2, 0.25) is 5.91 Å². The number of hydrogen-bond donors (Lipinski definition) is 1. The van der Waals surface area contributed by atoms with E-state index in [0.717, 1.165) is 18.9 Å². The molecule has 4 nitrogen and oxygen atoms in total. The van der Waals surface area contributed by atoms with Crippen molar-refractivity contribution < 1.29 is 17.6 Å². The summed E-state index contributed by atoms with van der Waals surface area (Å²) >= 11 is 0. The first-order chi connectivity index (χ1) is 8.95. The molecule has 1 amide bonds. The van der Waals surface area contributed by atoms with Crippen LogP contribution < -0.4 is 5.32 Å². The molecule has 0 saturated heterocycles. The molecule has 1 aliphatic heterocycles. The lowest BCUT2D eigenvalue weighted by molar-refractivity contribution is -0.124. The molecule has 1 saturated carbocycles. The Bertz CT molecular complexity index is 648. The van der Waals surface area contributed by atoms with Crippen molar-refractivity contribution in [2.75, 3.05) is 11.1 Å². The van der Waals surface area contributed by atoms with Crippen LogP contribution in [0.2, 0.25) is 0 Å². The molecule has 0 aromatic heterocycles. The summed E-state index contributed by atoms with van der Waals surface area (Å²) in [5, 5.41) is 2.49. The van der Waals surface area contributed by atoms with E-state index in [1.54, 1.807) is 0 Å². The zero-order valence-electron chi connectivity index (χ0n) is 10.3. The second kappa shape index (κ2) is 4.03. The minimum atomic E-state index is -3.65. The minimum absolute atomic E-state index is 0.107. The molecule has 102 valence electrons. The number of nitrogens with one attached hydrogen (secondary N) is 1. The average molecular weight is 283 g/mol. The van der Waals surface area contributed by atoms with Crippen molar-refractivity contribution in [1.82, 2.24) is 0 Å². The number of fused-ring (bicyclic) bond motifs is 1. The second-order valence-electron chi connectivity index (χ2n) is 5.31. The predicted octanol–water partition coefficient (Wildman–Crippen LogP) is 2.11. The fourth-order valence-electron chi connectivity index (χ4n) is 3.06. The number of carbonyl (C=O) groups excluding carboxylic acids is 1. The summed E-state index contributed by atoms with van der Waals surface area (Å²) in [6, 6.07) is 3.85. The molecule has 1 heterocycles. The van der Waals surface area contributed by atoms with Crippen LogP contribution >= 0.6 is 0 Å². The fourth-order valence-corrected chi connectivity index (χ4v) is 5.11. The highest BCUT2D eigenvalue weighted by Crippen LogP contribution is 2.44. The van der Waals surface area contributed by atoms with E-state index in [0.29, 0.717) is 12.8 Å². The van der Waals surface area contributed by atoms with Crippen LogP contribution in [-0.4, -0.2) is 20.1 Å². The minimum Gasteiger partial charge on any atom is -0.322 e. The van der Waals surface area contributed by atoms with Gasteiger partial charge >= 0.3 is 0 Å². The van der Waals surface area contributed by atoms with Gasteiger partial charge in [0.15, 0.2) is 9.84 Å². The second-order valence-corrected chi connectivity index (χ2v) is 7.27. The highest BCUT2D eigenvalue weighted by molar-refractivity contribution is 7.91. The third-order valence-corrected chi connectivity index (χ3v) is 6.00. The maximum atomic E-state index is 13.8. The Balaban J connectivity index is 2.19. The summed E-state index contributed by atoms with van der Waals surface area (Å²) in [6.45, 7) is 0. The number of halogens is 1. The Labute approximate surface area is 110 Å². The Morgan fingerprint density at radius 3 is 2.58 bits per heavy atom. The van der Waals surface area contributed by atoms with E-state index in [1.807, 2.05) is 0 Å². The normalized spacial score (nSPS) is 23.7. The highest BCUT2D eigenvalue weighted by atomic mass is 32.2. The molecule has 3 rings (SSSR count). The fraction of sp³-hybridized carbons (Fsp3) is 0.462. The largest absolute Gasteiger partial charge is 0.322 e. The number of anilines is 1. The van der Waals surface area contributed by atoms with E-state index in [-0.39, 0.29) is 22.2 Å². The molecule has 0 unspecified atom stereocenters. The predicted molar refractivity (Wildman–Crippen MR) is 68.0 cm³/mol. The SMILES string of the molecule is O=C1Nc2c(F)cccc2S(=O)(=O)CC12CCCC2. The van der Waals surface area contributed by atoms with Crippen LogP contribution in [0.5, 0.6) is 0 Å². The highest BCUT2D eigenvalue weighted by Gasteiger charge is 2.48. The monoisotopic (exact) mass is 283 g/mol. The molecule has 2 aliphatic rings. The van der Waals surface area contributed by atoms with Crippen LogP contribution in [0.15, 0.2) is 23.1 Å². The zero-order valence-corrected chi connectivity index (χ0v) is 11.1. The van der Waals surface area contributed by atoms with Gasteiger partial charge in [-0.25, -0.2) is 12.8 Å². The van der Waals surface area contributed by atoms with Crippen LogP contribution in [0.25, 0.3) is 0 Å².